The number of sulfonamides is 1. The molecule has 0 bridgehead atoms. The number of H-pyrrole nitrogens is 1. The lowest BCUT2D eigenvalue weighted by Gasteiger charge is -2.09. The molecule has 0 radical (unpaired) electrons. The highest BCUT2D eigenvalue weighted by molar-refractivity contribution is 7.92. The summed E-state index contributed by atoms with van der Waals surface area (Å²) in [5.41, 5.74) is 0.553. The molecule has 2 aromatic heterocycles. The molecule has 0 amide bonds. The molecule has 2 aromatic rings. The summed E-state index contributed by atoms with van der Waals surface area (Å²) in [6.45, 7) is 1.75. The Labute approximate surface area is 114 Å². The molecule has 2 N–H and O–H groups in total. The van der Waals surface area contributed by atoms with Gasteiger partial charge in [-0.15, -0.1) is 0 Å². The fourth-order valence-corrected chi connectivity index (χ4v) is 2.71. The molecule has 0 aromatic carbocycles. The zero-order valence-corrected chi connectivity index (χ0v) is 11.4. The second-order valence-electron chi connectivity index (χ2n) is 3.81. The second kappa shape index (κ2) is 5.02. The fraction of sp³-hybridized carbons (Fsp3) is 0.0909. The first-order valence-corrected chi connectivity index (χ1v) is 7.08. The van der Waals surface area contributed by atoms with Crippen LogP contribution in [0.4, 0.5) is 5.69 Å². The molecule has 0 aliphatic rings. The zero-order chi connectivity index (χ0) is 14.0. The summed E-state index contributed by atoms with van der Waals surface area (Å²) < 4.78 is 26.6. The van der Waals surface area contributed by atoms with Gasteiger partial charge in [-0.1, -0.05) is 11.6 Å². The molecule has 0 unspecified atom stereocenters. The predicted octanol–water partition coefficient (Wildman–Crippen LogP) is 1.53. The Morgan fingerprint density at radius 2 is 2.16 bits per heavy atom. The largest absolute Gasteiger partial charge is 0.326 e. The zero-order valence-electron chi connectivity index (χ0n) is 9.84. The first-order valence-electron chi connectivity index (χ1n) is 5.22. The minimum Gasteiger partial charge on any atom is -0.326 e. The Morgan fingerprint density at radius 1 is 1.42 bits per heavy atom. The highest BCUT2D eigenvalue weighted by Gasteiger charge is 2.16. The van der Waals surface area contributed by atoms with E-state index in [0.717, 1.165) is 17.8 Å². The van der Waals surface area contributed by atoms with Gasteiger partial charge in [0.1, 0.15) is 9.92 Å². The van der Waals surface area contributed by atoms with E-state index < -0.39 is 15.6 Å². The maximum atomic E-state index is 12.1. The van der Waals surface area contributed by atoms with Crippen LogP contribution in [0.3, 0.4) is 0 Å². The van der Waals surface area contributed by atoms with Crippen molar-refractivity contribution in [3.63, 3.8) is 0 Å². The quantitative estimate of drug-likeness (QED) is 0.899. The van der Waals surface area contributed by atoms with Crippen LogP contribution in [-0.2, 0) is 10.0 Å². The predicted molar refractivity (Wildman–Crippen MR) is 71.9 cm³/mol. The fourth-order valence-electron chi connectivity index (χ4n) is 1.37. The molecular formula is C11H10ClN3O3S. The summed E-state index contributed by atoms with van der Waals surface area (Å²) in [7, 11) is -3.82. The summed E-state index contributed by atoms with van der Waals surface area (Å²) in [6.07, 6.45) is 4.05. The third-order valence-corrected chi connectivity index (χ3v) is 4.05. The van der Waals surface area contributed by atoms with Gasteiger partial charge in [0, 0.05) is 12.4 Å². The van der Waals surface area contributed by atoms with E-state index in [2.05, 4.69) is 14.7 Å². The van der Waals surface area contributed by atoms with E-state index >= 15 is 0 Å². The normalized spacial score (nSPS) is 11.3. The summed E-state index contributed by atoms with van der Waals surface area (Å²) in [4.78, 5) is 17.1. The van der Waals surface area contributed by atoms with Gasteiger partial charge in [-0.25, -0.2) is 8.42 Å². The Morgan fingerprint density at radius 3 is 2.79 bits per heavy atom. The standard InChI is InChI=1S/C11H10ClN3O3S/c1-7-2-3-13-6-10(7)15-19(17,18)8-4-9(12)11(16)14-5-8/h2-6,15H,1H3,(H,14,16). The molecule has 2 heterocycles. The Hall–Kier alpha value is -1.86. The van der Waals surface area contributed by atoms with Crippen LogP contribution in [0.5, 0.6) is 0 Å². The molecular weight excluding hydrogens is 290 g/mol. The third-order valence-electron chi connectivity index (χ3n) is 2.43. The number of nitrogens with one attached hydrogen (secondary N) is 2. The monoisotopic (exact) mass is 299 g/mol. The maximum absolute atomic E-state index is 12.1. The van der Waals surface area contributed by atoms with Crippen LogP contribution in [0.1, 0.15) is 5.56 Å². The minimum absolute atomic E-state index is 0.125. The van der Waals surface area contributed by atoms with E-state index in [4.69, 9.17) is 11.6 Å². The average molecular weight is 300 g/mol. The van der Waals surface area contributed by atoms with E-state index in [9.17, 15) is 13.2 Å². The number of halogens is 1. The van der Waals surface area contributed by atoms with Gasteiger partial charge < -0.3 is 4.98 Å². The van der Waals surface area contributed by atoms with Crippen molar-refractivity contribution in [1.29, 1.82) is 0 Å². The molecule has 8 heteroatoms. The Kier molecular flexibility index (Phi) is 3.59. The van der Waals surface area contributed by atoms with E-state index in [1.165, 1.54) is 6.20 Å². The number of aromatic nitrogens is 2. The number of aryl methyl sites for hydroxylation is 1. The van der Waals surface area contributed by atoms with Crippen LogP contribution in [0.15, 0.2) is 40.4 Å². The SMILES string of the molecule is Cc1ccncc1NS(=O)(=O)c1c[nH]c(=O)c(Cl)c1. The van der Waals surface area contributed by atoms with Gasteiger partial charge in [-0.2, -0.15) is 0 Å². The van der Waals surface area contributed by atoms with Gasteiger partial charge >= 0.3 is 0 Å². The van der Waals surface area contributed by atoms with Crippen LogP contribution in [0.2, 0.25) is 5.02 Å². The number of rotatable bonds is 3. The van der Waals surface area contributed by atoms with E-state index in [1.807, 2.05) is 0 Å². The summed E-state index contributed by atoms with van der Waals surface area (Å²) >= 11 is 5.61. The van der Waals surface area contributed by atoms with Gasteiger partial charge in [0.25, 0.3) is 15.6 Å². The Balaban J connectivity index is 2.41. The number of aromatic amines is 1. The first kappa shape index (κ1) is 13.6. The molecule has 100 valence electrons. The van der Waals surface area contributed by atoms with Crippen LogP contribution >= 0.6 is 11.6 Å². The molecule has 0 aliphatic heterocycles. The van der Waals surface area contributed by atoms with Gasteiger partial charge in [-0.3, -0.25) is 14.5 Å². The van der Waals surface area contributed by atoms with Crippen molar-refractivity contribution in [2.45, 2.75) is 11.8 Å². The number of hydrogen-bond donors (Lipinski definition) is 2. The molecule has 0 saturated heterocycles. The van der Waals surface area contributed by atoms with Gasteiger partial charge in [0.15, 0.2) is 0 Å². The smallest absolute Gasteiger partial charge is 0.266 e. The molecule has 2 rings (SSSR count). The maximum Gasteiger partial charge on any atom is 0.266 e. The number of hydrogen-bond acceptors (Lipinski definition) is 4. The van der Waals surface area contributed by atoms with Gasteiger partial charge in [-0.05, 0) is 24.6 Å². The van der Waals surface area contributed by atoms with Crippen molar-refractivity contribution in [3.8, 4) is 0 Å². The first-order chi connectivity index (χ1) is 8.90. The summed E-state index contributed by atoms with van der Waals surface area (Å²) in [5, 5.41) is -0.189. The van der Waals surface area contributed by atoms with Crippen LogP contribution in [0.25, 0.3) is 0 Å². The van der Waals surface area contributed by atoms with E-state index in [1.54, 1.807) is 19.2 Å². The van der Waals surface area contributed by atoms with Crippen LogP contribution in [-0.4, -0.2) is 18.4 Å². The van der Waals surface area contributed by atoms with Gasteiger partial charge in [0.2, 0.25) is 0 Å². The molecule has 6 nitrogen and oxygen atoms in total. The molecule has 0 saturated carbocycles. The minimum atomic E-state index is -3.82. The lowest BCUT2D eigenvalue weighted by molar-refractivity contribution is 0.600. The highest BCUT2D eigenvalue weighted by atomic mass is 35.5. The van der Waals surface area contributed by atoms with E-state index in [0.29, 0.717) is 5.69 Å². The summed E-state index contributed by atoms with van der Waals surface area (Å²) in [5.74, 6) is 0. The Bertz CT molecular complexity index is 771. The molecule has 19 heavy (non-hydrogen) atoms. The van der Waals surface area contributed by atoms with Crippen molar-refractivity contribution >= 4 is 27.3 Å². The summed E-state index contributed by atoms with van der Waals surface area (Å²) in [6, 6.07) is 2.77. The van der Waals surface area contributed by atoms with Crippen molar-refractivity contribution in [1.82, 2.24) is 9.97 Å². The number of nitrogens with zero attached hydrogens (tertiary/aromatic N) is 1. The molecule has 0 fully saturated rings. The molecule has 0 spiro atoms. The second-order valence-corrected chi connectivity index (χ2v) is 5.90. The van der Waals surface area contributed by atoms with Crippen molar-refractivity contribution in [2.75, 3.05) is 4.72 Å². The number of pyridine rings is 2. The highest BCUT2D eigenvalue weighted by Crippen LogP contribution is 2.18. The van der Waals surface area contributed by atoms with Crippen molar-refractivity contribution < 1.29 is 8.42 Å². The molecule has 0 aliphatic carbocycles. The van der Waals surface area contributed by atoms with Crippen molar-refractivity contribution in [3.05, 3.63) is 51.7 Å². The molecule has 0 atom stereocenters. The average Bonchev–Trinajstić information content (AvgIpc) is 2.35. The van der Waals surface area contributed by atoms with Crippen LogP contribution in [0, 0.1) is 6.92 Å². The number of anilines is 1. The topological polar surface area (TPSA) is 91.9 Å². The van der Waals surface area contributed by atoms with E-state index in [-0.39, 0.29) is 9.92 Å². The van der Waals surface area contributed by atoms with Gasteiger partial charge in [0.05, 0.1) is 11.9 Å². The van der Waals surface area contributed by atoms with Crippen molar-refractivity contribution in [2.24, 2.45) is 0 Å². The lowest BCUT2D eigenvalue weighted by atomic mass is 10.3. The lowest BCUT2D eigenvalue weighted by Crippen LogP contribution is -2.16. The third kappa shape index (κ3) is 2.94. The van der Waals surface area contributed by atoms with Crippen LogP contribution < -0.4 is 10.3 Å².